The van der Waals surface area contributed by atoms with Crippen LogP contribution < -0.4 is 0 Å². The van der Waals surface area contributed by atoms with E-state index in [0.717, 1.165) is 12.8 Å². The molecule has 0 bridgehead atoms. The van der Waals surface area contributed by atoms with Crippen LogP contribution in [-0.2, 0) is 0 Å². The summed E-state index contributed by atoms with van der Waals surface area (Å²) in [6, 6.07) is 0.0737. The average molecular weight is 227 g/mol. The van der Waals surface area contributed by atoms with Gasteiger partial charge in [0.15, 0.2) is 0 Å². The molecule has 0 aromatic carbocycles. The Balaban J connectivity index is 3.06. The summed E-state index contributed by atoms with van der Waals surface area (Å²) in [4.78, 5) is 10.4. The molecule has 0 rings (SSSR count). The van der Waals surface area contributed by atoms with E-state index in [1.54, 1.807) is 0 Å². The quantitative estimate of drug-likeness (QED) is 0.322. The average Bonchev–Trinajstić information content (AvgIpc) is 2.32. The molecule has 0 amide bonds. The van der Waals surface area contributed by atoms with E-state index in [9.17, 15) is 4.91 Å². The fourth-order valence-electron chi connectivity index (χ4n) is 2.02. The summed E-state index contributed by atoms with van der Waals surface area (Å²) in [5, 5.41) is 3.12. The number of nitroso groups, excluding NO2 is 1. The van der Waals surface area contributed by atoms with Gasteiger partial charge in [-0.3, -0.25) is 0 Å². The summed E-state index contributed by atoms with van der Waals surface area (Å²) in [5.41, 5.74) is 0. The fourth-order valence-corrected chi connectivity index (χ4v) is 2.02. The monoisotopic (exact) mass is 227 g/mol. The molecule has 0 N–H and O–H groups in total. The second kappa shape index (κ2) is 12.7. The maximum Gasteiger partial charge on any atom is 0.0917 e. The van der Waals surface area contributed by atoms with Crippen molar-refractivity contribution >= 4 is 0 Å². The van der Waals surface area contributed by atoms with Gasteiger partial charge in [-0.05, 0) is 12.8 Å². The van der Waals surface area contributed by atoms with Gasteiger partial charge in [0.25, 0.3) is 0 Å². The smallest absolute Gasteiger partial charge is 0.0917 e. The lowest BCUT2D eigenvalue weighted by molar-refractivity contribution is 0.516. The Labute approximate surface area is 101 Å². The van der Waals surface area contributed by atoms with Gasteiger partial charge in [0, 0.05) is 0 Å². The number of hydrogen-bond acceptors (Lipinski definition) is 2. The Morgan fingerprint density at radius 1 is 0.812 bits per heavy atom. The van der Waals surface area contributed by atoms with Crippen LogP contribution in [0.4, 0.5) is 0 Å². The lowest BCUT2D eigenvalue weighted by Crippen LogP contribution is -2.00. The lowest BCUT2D eigenvalue weighted by Gasteiger charge is -2.05. The van der Waals surface area contributed by atoms with Crippen LogP contribution >= 0.6 is 0 Å². The zero-order chi connectivity index (χ0) is 12.1. The van der Waals surface area contributed by atoms with Crippen LogP contribution in [0.15, 0.2) is 5.18 Å². The number of hydrogen-bond donors (Lipinski definition) is 0. The van der Waals surface area contributed by atoms with Gasteiger partial charge in [0.2, 0.25) is 0 Å². The molecule has 2 nitrogen and oxygen atoms in total. The topological polar surface area (TPSA) is 29.4 Å². The van der Waals surface area contributed by atoms with Crippen molar-refractivity contribution in [1.29, 1.82) is 0 Å². The predicted octanol–water partition coefficient (Wildman–Crippen LogP) is 5.45. The Kier molecular flexibility index (Phi) is 12.4. The van der Waals surface area contributed by atoms with E-state index in [4.69, 9.17) is 0 Å². The molecule has 96 valence electrons. The lowest BCUT2D eigenvalue weighted by atomic mass is 10.0. The van der Waals surface area contributed by atoms with Crippen LogP contribution in [-0.4, -0.2) is 6.04 Å². The molecule has 0 radical (unpaired) electrons. The van der Waals surface area contributed by atoms with E-state index in [1.165, 1.54) is 57.8 Å². The van der Waals surface area contributed by atoms with E-state index in [1.807, 2.05) is 6.92 Å². The first-order chi connectivity index (χ1) is 7.85. The predicted molar refractivity (Wildman–Crippen MR) is 71.7 cm³/mol. The highest BCUT2D eigenvalue weighted by atomic mass is 16.3. The molecular formula is C14H29NO. The van der Waals surface area contributed by atoms with E-state index in [0.29, 0.717) is 0 Å². The largest absolute Gasteiger partial charge is 0.151 e. The molecule has 0 aliphatic heterocycles. The Morgan fingerprint density at radius 3 is 1.75 bits per heavy atom. The summed E-state index contributed by atoms with van der Waals surface area (Å²) in [6.45, 7) is 4.30. The third-order valence-electron chi connectivity index (χ3n) is 3.26. The molecule has 0 spiro atoms. The zero-order valence-electron chi connectivity index (χ0n) is 11.2. The van der Waals surface area contributed by atoms with Gasteiger partial charge >= 0.3 is 0 Å². The van der Waals surface area contributed by atoms with Gasteiger partial charge < -0.3 is 0 Å². The summed E-state index contributed by atoms with van der Waals surface area (Å²) >= 11 is 0. The van der Waals surface area contributed by atoms with Crippen molar-refractivity contribution in [2.45, 2.75) is 90.5 Å². The van der Waals surface area contributed by atoms with Crippen LogP contribution in [0, 0.1) is 4.91 Å². The maximum absolute atomic E-state index is 10.4. The molecule has 0 aromatic rings. The summed E-state index contributed by atoms with van der Waals surface area (Å²) < 4.78 is 0. The molecule has 16 heavy (non-hydrogen) atoms. The van der Waals surface area contributed by atoms with Crippen molar-refractivity contribution in [3.05, 3.63) is 4.91 Å². The van der Waals surface area contributed by atoms with Crippen molar-refractivity contribution in [2.24, 2.45) is 5.18 Å². The van der Waals surface area contributed by atoms with Gasteiger partial charge in [-0.25, -0.2) is 0 Å². The highest BCUT2D eigenvalue weighted by molar-refractivity contribution is 4.62. The van der Waals surface area contributed by atoms with Gasteiger partial charge in [-0.15, -0.1) is 0 Å². The molecule has 0 heterocycles. The first kappa shape index (κ1) is 15.6. The first-order valence-electron chi connectivity index (χ1n) is 7.17. The Hall–Kier alpha value is -0.400. The summed E-state index contributed by atoms with van der Waals surface area (Å²) in [5.74, 6) is 0. The van der Waals surface area contributed by atoms with Gasteiger partial charge in [-0.1, -0.05) is 76.8 Å². The summed E-state index contributed by atoms with van der Waals surface area (Å²) in [6.07, 6.45) is 14.0. The minimum Gasteiger partial charge on any atom is -0.151 e. The van der Waals surface area contributed by atoms with Gasteiger partial charge in [0.05, 0.1) is 6.04 Å². The number of nitrogens with zero attached hydrogens (tertiary/aromatic N) is 1. The molecular weight excluding hydrogens is 198 g/mol. The van der Waals surface area contributed by atoms with Crippen molar-refractivity contribution in [1.82, 2.24) is 0 Å². The van der Waals surface area contributed by atoms with Crippen LogP contribution in [0.5, 0.6) is 0 Å². The molecule has 0 saturated heterocycles. The Bertz CT molecular complexity index is 148. The fraction of sp³-hybridized carbons (Fsp3) is 1.00. The van der Waals surface area contributed by atoms with Crippen molar-refractivity contribution in [3.63, 3.8) is 0 Å². The van der Waals surface area contributed by atoms with Crippen LogP contribution in [0.25, 0.3) is 0 Å². The second-order valence-corrected chi connectivity index (χ2v) is 4.78. The molecule has 0 aromatic heterocycles. The molecule has 0 fully saturated rings. The molecule has 0 aliphatic carbocycles. The van der Waals surface area contributed by atoms with Crippen LogP contribution in [0.2, 0.25) is 0 Å². The van der Waals surface area contributed by atoms with Gasteiger partial charge in [-0.2, -0.15) is 4.91 Å². The van der Waals surface area contributed by atoms with Gasteiger partial charge in [0.1, 0.15) is 0 Å². The zero-order valence-corrected chi connectivity index (χ0v) is 11.2. The minimum atomic E-state index is 0.0737. The molecule has 1 unspecified atom stereocenters. The third kappa shape index (κ3) is 10.1. The summed E-state index contributed by atoms with van der Waals surface area (Å²) in [7, 11) is 0. The first-order valence-corrected chi connectivity index (χ1v) is 7.17. The highest BCUT2D eigenvalue weighted by Gasteiger charge is 2.04. The van der Waals surface area contributed by atoms with Crippen molar-refractivity contribution < 1.29 is 0 Å². The number of unbranched alkanes of at least 4 members (excludes halogenated alkanes) is 8. The molecule has 2 heteroatoms. The number of rotatable bonds is 12. The molecule has 0 saturated carbocycles. The SMILES string of the molecule is CCCCCCCCCCCC(CC)N=O. The third-order valence-corrected chi connectivity index (χ3v) is 3.26. The maximum atomic E-state index is 10.4. The highest BCUT2D eigenvalue weighted by Crippen LogP contribution is 2.13. The van der Waals surface area contributed by atoms with E-state index >= 15 is 0 Å². The second-order valence-electron chi connectivity index (χ2n) is 4.78. The normalized spacial score (nSPS) is 12.6. The minimum absolute atomic E-state index is 0.0737. The van der Waals surface area contributed by atoms with Crippen LogP contribution in [0.3, 0.4) is 0 Å². The molecule has 1 atom stereocenters. The van der Waals surface area contributed by atoms with Crippen LogP contribution in [0.1, 0.15) is 84.5 Å². The van der Waals surface area contributed by atoms with E-state index in [-0.39, 0.29) is 6.04 Å². The Morgan fingerprint density at radius 2 is 1.31 bits per heavy atom. The van der Waals surface area contributed by atoms with Crippen molar-refractivity contribution in [3.8, 4) is 0 Å². The van der Waals surface area contributed by atoms with E-state index < -0.39 is 0 Å². The molecule has 0 aliphatic rings. The standard InChI is InChI=1S/C14H29NO/c1-3-5-6-7-8-9-10-11-12-13-14(4-2)15-16/h14H,3-13H2,1-2H3. The van der Waals surface area contributed by atoms with E-state index in [2.05, 4.69) is 12.1 Å². The van der Waals surface area contributed by atoms with Crippen molar-refractivity contribution in [2.75, 3.05) is 0 Å².